The molecule has 0 aromatic carbocycles. The Morgan fingerprint density at radius 3 is 2.88 bits per heavy atom. The van der Waals surface area contributed by atoms with Gasteiger partial charge in [-0.15, -0.1) is 11.3 Å². The van der Waals surface area contributed by atoms with Crippen molar-refractivity contribution in [3.05, 3.63) is 27.6 Å². The first-order chi connectivity index (χ1) is 7.88. The third kappa shape index (κ3) is 2.56. The summed E-state index contributed by atoms with van der Waals surface area (Å²) in [4.78, 5) is 16.4. The van der Waals surface area contributed by atoms with Gasteiger partial charge in [-0.2, -0.15) is 0 Å². The molecule has 5 heteroatoms. The minimum atomic E-state index is -0.764. The quantitative estimate of drug-likeness (QED) is 0.908. The molecule has 0 saturated carbocycles. The molecular weight excluding hydrogens is 236 g/mol. The molecule has 0 bridgehead atoms. The van der Waals surface area contributed by atoms with Crippen molar-refractivity contribution in [3.63, 3.8) is 0 Å². The van der Waals surface area contributed by atoms with Gasteiger partial charge in [0.2, 0.25) is 0 Å². The molecule has 0 amide bonds. The first-order valence-electron chi connectivity index (χ1n) is 5.54. The van der Waals surface area contributed by atoms with Gasteiger partial charge in [0.15, 0.2) is 0 Å². The van der Waals surface area contributed by atoms with Crippen LogP contribution in [0, 0.1) is 6.92 Å². The number of nitrogens with zero attached hydrogens (tertiary/aromatic N) is 2. The van der Waals surface area contributed by atoms with E-state index in [1.54, 1.807) is 24.7 Å². The summed E-state index contributed by atoms with van der Waals surface area (Å²) in [5, 5.41) is 11.6. The van der Waals surface area contributed by atoms with Crippen molar-refractivity contribution >= 4 is 21.6 Å². The van der Waals surface area contributed by atoms with Crippen LogP contribution in [0.3, 0.4) is 0 Å². The molecule has 2 aromatic heterocycles. The summed E-state index contributed by atoms with van der Waals surface area (Å²) in [7, 11) is 0. The van der Waals surface area contributed by atoms with Crippen molar-refractivity contribution in [1.29, 1.82) is 0 Å². The van der Waals surface area contributed by atoms with E-state index in [2.05, 4.69) is 4.98 Å². The van der Waals surface area contributed by atoms with Crippen LogP contribution in [0.15, 0.2) is 16.5 Å². The molecule has 0 unspecified atom stereocenters. The van der Waals surface area contributed by atoms with Gasteiger partial charge in [-0.05, 0) is 38.1 Å². The highest BCUT2D eigenvalue weighted by atomic mass is 32.1. The number of hydrogen-bond donors (Lipinski definition) is 1. The van der Waals surface area contributed by atoms with Gasteiger partial charge in [0.25, 0.3) is 5.56 Å². The molecule has 0 aliphatic heterocycles. The Hall–Kier alpha value is -1.20. The summed E-state index contributed by atoms with van der Waals surface area (Å²) in [5.74, 6) is 0. The summed E-state index contributed by atoms with van der Waals surface area (Å²) in [5.41, 5.74) is 1.05. The van der Waals surface area contributed by atoms with Crippen LogP contribution in [0.4, 0.5) is 0 Å². The molecule has 2 aromatic rings. The third-order valence-electron chi connectivity index (χ3n) is 2.69. The zero-order valence-electron chi connectivity index (χ0n) is 10.2. The Labute approximate surface area is 104 Å². The molecule has 17 heavy (non-hydrogen) atoms. The highest BCUT2D eigenvalue weighted by Gasteiger charge is 2.14. The van der Waals surface area contributed by atoms with Crippen LogP contribution in [-0.2, 0) is 6.54 Å². The van der Waals surface area contributed by atoms with Crippen LogP contribution >= 0.6 is 11.3 Å². The van der Waals surface area contributed by atoms with E-state index in [4.69, 9.17) is 0 Å². The fraction of sp³-hybridized carbons (Fsp3) is 0.500. The van der Waals surface area contributed by atoms with Gasteiger partial charge in [0.1, 0.15) is 4.70 Å². The molecule has 0 aliphatic carbocycles. The minimum absolute atomic E-state index is 0.0163. The second kappa shape index (κ2) is 4.23. The fourth-order valence-corrected chi connectivity index (χ4v) is 2.56. The number of fused-ring (bicyclic) bond motifs is 1. The van der Waals surface area contributed by atoms with Crippen molar-refractivity contribution < 1.29 is 5.11 Å². The van der Waals surface area contributed by atoms with Crippen LogP contribution in [0.2, 0.25) is 0 Å². The largest absolute Gasteiger partial charge is 0.390 e. The van der Waals surface area contributed by atoms with E-state index in [1.807, 2.05) is 12.3 Å². The van der Waals surface area contributed by atoms with Gasteiger partial charge < -0.3 is 5.11 Å². The Morgan fingerprint density at radius 1 is 1.53 bits per heavy atom. The zero-order valence-corrected chi connectivity index (χ0v) is 11.0. The highest BCUT2D eigenvalue weighted by molar-refractivity contribution is 7.17. The molecule has 0 radical (unpaired) electrons. The van der Waals surface area contributed by atoms with Crippen molar-refractivity contribution in [2.45, 2.75) is 39.3 Å². The highest BCUT2D eigenvalue weighted by Crippen LogP contribution is 2.19. The molecule has 2 heterocycles. The molecule has 92 valence electrons. The lowest BCUT2D eigenvalue weighted by atomic mass is 10.1. The number of rotatable bonds is 3. The summed E-state index contributed by atoms with van der Waals surface area (Å²) in [6.45, 7) is 5.91. The minimum Gasteiger partial charge on any atom is -0.390 e. The average molecular weight is 252 g/mol. The normalized spacial score (nSPS) is 12.2. The van der Waals surface area contributed by atoms with E-state index in [9.17, 15) is 9.90 Å². The summed E-state index contributed by atoms with van der Waals surface area (Å²) in [6, 6.07) is 0. The second-order valence-electron chi connectivity index (χ2n) is 4.90. The maximum Gasteiger partial charge on any atom is 0.271 e. The van der Waals surface area contributed by atoms with Crippen molar-refractivity contribution in [3.8, 4) is 0 Å². The van der Waals surface area contributed by atoms with Crippen LogP contribution < -0.4 is 5.56 Å². The van der Waals surface area contributed by atoms with Gasteiger partial charge >= 0.3 is 0 Å². The molecule has 0 atom stereocenters. The Kier molecular flexibility index (Phi) is 3.05. The van der Waals surface area contributed by atoms with Gasteiger partial charge in [-0.1, -0.05) is 0 Å². The topological polar surface area (TPSA) is 55.1 Å². The summed E-state index contributed by atoms with van der Waals surface area (Å²) < 4.78 is 2.26. The van der Waals surface area contributed by atoms with E-state index in [-0.39, 0.29) is 5.56 Å². The monoisotopic (exact) mass is 252 g/mol. The molecule has 4 nitrogen and oxygen atoms in total. The van der Waals surface area contributed by atoms with E-state index in [0.717, 1.165) is 11.1 Å². The predicted molar refractivity (Wildman–Crippen MR) is 69.5 cm³/mol. The van der Waals surface area contributed by atoms with Crippen molar-refractivity contribution in [2.75, 3.05) is 0 Å². The lowest BCUT2D eigenvalue weighted by Crippen LogP contribution is -2.26. The number of hydrogen-bond acceptors (Lipinski definition) is 4. The van der Waals surface area contributed by atoms with Gasteiger partial charge in [0.05, 0.1) is 17.4 Å². The molecular formula is C12H16N2O2S. The van der Waals surface area contributed by atoms with Gasteiger partial charge in [0, 0.05) is 6.54 Å². The lowest BCUT2D eigenvalue weighted by Gasteiger charge is -2.17. The van der Waals surface area contributed by atoms with E-state index < -0.39 is 5.60 Å². The number of aryl methyl sites for hydroxylation is 2. The number of aliphatic hydroxyl groups is 1. The van der Waals surface area contributed by atoms with E-state index in [1.165, 1.54) is 11.3 Å². The maximum atomic E-state index is 12.1. The summed E-state index contributed by atoms with van der Waals surface area (Å²) in [6.07, 6.45) is 2.10. The Bertz CT molecular complexity index is 593. The average Bonchev–Trinajstić information content (AvgIpc) is 2.59. The van der Waals surface area contributed by atoms with Crippen LogP contribution in [0.25, 0.3) is 10.2 Å². The van der Waals surface area contributed by atoms with Crippen molar-refractivity contribution in [1.82, 2.24) is 9.55 Å². The molecule has 0 saturated heterocycles. The van der Waals surface area contributed by atoms with Crippen LogP contribution in [-0.4, -0.2) is 20.3 Å². The van der Waals surface area contributed by atoms with E-state index >= 15 is 0 Å². The van der Waals surface area contributed by atoms with Gasteiger partial charge in [-0.3, -0.25) is 9.36 Å². The molecule has 0 aliphatic rings. The molecule has 0 spiro atoms. The molecule has 0 fully saturated rings. The SMILES string of the molecule is Cc1csc2c(=O)n(CCC(C)(C)O)cnc12. The third-order valence-corrected chi connectivity index (χ3v) is 3.76. The smallest absolute Gasteiger partial charge is 0.271 e. The Morgan fingerprint density at radius 2 is 2.24 bits per heavy atom. The second-order valence-corrected chi connectivity index (χ2v) is 5.78. The molecule has 2 rings (SSSR count). The van der Waals surface area contributed by atoms with Crippen LogP contribution in [0.5, 0.6) is 0 Å². The molecule has 1 N–H and O–H groups in total. The lowest BCUT2D eigenvalue weighted by molar-refractivity contribution is 0.0659. The van der Waals surface area contributed by atoms with E-state index in [0.29, 0.717) is 17.7 Å². The Balaban J connectivity index is 2.37. The fourth-order valence-electron chi connectivity index (χ4n) is 1.61. The first kappa shape index (κ1) is 12.3. The standard InChI is InChI=1S/C12H16N2O2S/c1-8-6-17-10-9(8)13-7-14(11(10)15)5-4-12(2,3)16/h6-7,16H,4-5H2,1-3H3. The van der Waals surface area contributed by atoms with Crippen molar-refractivity contribution in [2.24, 2.45) is 0 Å². The first-order valence-corrected chi connectivity index (χ1v) is 6.42. The summed E-state index contributed by atoms with van der Waals surface area (Å²) >= 11 is 1.43. The zero-order chi connectivity index (χ0) is 12.6. The van der Waals surface area contributed by atoms with Crippen LogP contribution in [0.1, 0.15) is 25.8 Å². The predicted octanol–water partition coefficient (Wildman–Crippen LogP) is 1.93. The van der Waals surface area contributed by atoms with Gasteiger partial charge in [-0.25, -0.2) is 4.98 Å². The maximum absolute atomic E-state index is 12.1. The number of thiophene rings is 1. The number of aromatic nitrogens is 2.